The highest BCUT2D eigenvalue weighted by Gasteiger charge is 2.35. The number of H-pyrrole nitrogens is 1. The van der Waals surface area contributed by atoms with Crippen molar-refractivity contribution in [3.05, 3.63) is 35.5 Å². The van der Waals surface area contributed by atoms with Gasteiger partial charge in [-0.25, -0.2) is 0 Å². The first-order valence-electron chi connectivity index (χ1n) is 10.5. The third kappa shape index (κ3) is 4.88. The van der Waals surface area contributed by atoms with Crippen LogP contribution in [0.2, 0.25) is 0 Å². The summed E-state index contributed by atoms with van der Waals surface area (Å²) < 4.78 is 6.10. The van der Waals surface area contributed by atoms with Crippen molar-refractivity contribution in [3.63, 3.8) is 0 Å². The molecule has 3 N–H and O–H groups in total. The van der Waals surface area contributed by atoms with Gasteiger partial charge in [-0.3, -0.25) is 4.99 Å². The third-order valence-corrected chi connectivity index (χ3v) is 5.75. The Kier molecular flexibility index (Phi) is 6.65. The Hall–Kier alpha value is -2.01. The lowest BCUT2D eigenvalue weighted by atomic mass is 9.78. The maximum atomic E-state index is 6.10. The van der Waals surface area contributed by atoms with E-state index in [1.165, 1.54) is 28.6 Å². The minimum absolute atomic E-state index is 0.163. The molecule has 1 aliphatic rings. The van der Waals surface area contributed by atoms with Crippen molar-refractivity contribution >= 4 is 16.9 Å². The van der Waals surface area contributed by atoms with Crippen LogP contribution in [0.5, 0.6) is 0 Å². The molecular weight excluding hydrogens is 348 g/mol. The van der Waals surface area contributed by atoms with Gasteiger partial charge in [-0.2, -0.15) is 0 Å². The van der Waals surface area contributed by atoms with E-state index in [-0.39, 0.29) is 5.41 Å². The Labute approximate surface area is 169 Å². The van der Waals surface area contributed by atoms with E-state index in [2.05, 4.69) is 72.6 Å². The first kappa shape index (κ1) is 20.7. The zero-order valence-electron chi connectivity index (χ0n) is 18.1. The summed E-state index contributed by atoms with van der Waals surface area (Å²) in [7, 11) is 1.84. The molecule has 1 aromatic carbocycles. The molecule has 2 atom stereocenters. The van der Waals surface area contributed by atoms with Gasteiger partial charge in [-0.05, 0) is 43.2 Å². The molecule has 0 radical (unpaired) electrons. The number of aromatic amines is 1. The van der Waals surface area contributed by atoms with Crippen molar-refractivity contribution in [2.75, 3.05) is 26.7 Å². The molecule has 2 aromatic rings. The molecule has 2 unspecified atom stereocenters. The molecule has 1 aromatic heterocycles. The minimum Gasteiger partial charge on any atom is -0.377 e. The van der Waals surface area contributed by atoms with Crippen molar-refractivity contribution in [2.24, 2.45) is 16.3 Å². The molecule has 0 aliphatic carbocycles. The molecule has 0 amide bonds. The number of hydrogen-bond donors (Lipinski definition) is 3. The quantitative estimate of drug-likeness (QED) is 0.539. The van der Waals surface area contributed by atoms with Crippen molar-refractivity contribution in [1.29, 1.82) is 0 Å². The molecule has 1 fully saturated rings. The molecule has 1 aliphatic heterocycles. The van der Waals surface area contributed by atoms with Crippen molar-refractivity contribution in [1.82, 2.24) is 15.6 Å². The number of rotatable bonds is 5. The number of benzene rings is 1. The highest BCUT2D eigenvalue weighted by molar-refractivity contribution is 5.84. The molecule has 1 saturated heterocycles. The van der Waals surface area contributed by atoms with E-state index in [1.807, 2.05) is 7.05 Å². The van der Waals surface area contributed by atoms with Crippen LogP contribution in [0.4, 0.5) is 0 Å². The van der Waals surface area contributed by atoms with Gasteiger partial charge >= 0.3 is 0 Å². The highest BCUT2D eigenvalue weighted by Crippen LogP contribution is 2.33. The average molecular weight is 385 g/mol. The monoisotopic (exact) mass is 384 g/mol. The van der Waals surface area contributed by atoms with E-state index in [0.717, 1.165) is 38.5 Å². The van der Waals surface area contributed by atoms with E-state index in [1.54, 1.807) is 0 Å². The van der Waals surface area contributed by atoms with E-state index in [4.69, 9.17) is 4.74 Å². The lowest BCUT2D eigenvalue weighted by Crippen LogP contribution is -2.47. The topological polar surface area (TPSA) is 61.4 Å². The number of nitrogens with one attached hydrogen (secondary N) is 3. The van der Waals surface area contributed by atoms with Gasteiger partial charge in [-0.15, -0.1) is 0 Å². The Balaban J connectivity index is 1.53. The van der Waals surface area contributed by atoms with Crippen molar-refractivity contribution < 1.29 is 4.74 Å². The molecule has 3 rings (SSSR count). The second-order valence-corrected chi connectivity index (χ2v) is 8.96. The Morgan fingerprint density at radius 1 is 1.25 bits per heavy atom. The molecular formula is C23H36N4O. The molecule has 0 bridgehead atoms. The van der Waals surface area contributed by atoms with Crippen molar-refractivity contribution in [3.8, 4) is 0 Å². The second-order valence-electron chi connectivity index (χ2n) is 8.96. The Bertz CT molecular complexity index is 803. The fourth-order valence-electron chi connectivity index (χ4n) is 4.42. The first-order chi connectivity index (χ1) is 13.4. The second kappa shape index (κ2) is 8.99. The van der Waals surface area contributed by atoms with Crippen LogP contribution in [0.3, 0.4) is 0 Å². The molecule has 2 heterocycles. The average Bonchev–Trinajstić information content (AvgIpc) is 2.99. The molecule has 154 valence electrons. The van der Waals surface area contributed by atoms with E-state index < -0.39 is 0 Å². The standard InChI is InChI=1S/C23H36N4O/c1-16-18(19-10-6-7-11-20(19)27-16)12-13-25-22(24-5)26-15-17-9-8-14-28-21(17)23(2,3)4/h6-7,10-11,17,21,27H,8-9,12-15H2,1-5H3,(H2,24,25,26). The molecule has 5 nitrogen and oxygen atoms in total. The summed E-state index contributed by atoms with van der Waals surface area (Å²) >= 11 is 0. The number of aromatic nitrogens is 1. The Morgan fingerprint density at radius 3 is 2.79 bits per heavy atom. The Morgan fingerprint density at radius 2 is 2.04 bits per heavy atom. The summed E-state index contributed by atoms with van der Waals surface area (Å²) in [5, 5.41) is 8.32. The highest BCUT2D eigenvalue weighted by atomic mass is 16.5. The van der Waals surface area contributed by atoms with Gasteiger partial charge in [0.1, 0.15) is 0 Å². The van der Waals surface area contributed by atoms with Crippen LogP contribution >= 0.6 is 0 Å². The van der Waals surface area contributed by atoms with Crippen LogP contribution in [0.15, 0.2) is 29.3 Å². The summed E-state index contributed by atoms with van der Waals surface area (Å²) in [5.74, 6) is 1.39. The third-order valence-electron chi connectivity index (χ3n) is 5.75. The predicted molar refractivity (Wildman–Crippen MR) is 118 cm³/mol. The number of nitrogens with zero attached hydrogens (tertiary/aromatic N) is 1. The smallest absolute Gasteiger partial charge is 0.190 e. The van der Waals surface area contributed by atoms with Gasteiger partial charge in [0.05, 0.1) is 6.10 Å². The summed E-state index contributed by atoms with van der Waals surface area (Å²) in [6, 6.07) is 8.51. The van der Waals surface area contributed by atoms with Gasteiger partial charge in [0, 0.05) is 49.3 Å². The zero-order chi connectivity index (χ0) is 20.1. The predicted octanol–water partition coefficient (Wildman–Crippen LogP) is 4.03. The number of aryl methyl sites for hydroxylation is 1. The maximum Gasteiger partial charge on any atom is 0.190 e. The number of para-hydroxylation sites is 1. The number of hydrogen-bond acceptors (Lipinski definition) is 2. The van der Waals surface area contributed by atoms with E-state index >= 15 is 0 Å². The summed E-state index contributed by atoms with van der Waals surface area (Å²) in [5.41, 5.74) is 4.00. The molecule has 28 heavy (non-hydrogen) atoms. The summed E-state index contributed by atoms with van der Waals surface area (Å²) in [4.78, 5) is 7.89. The SMILES string of the molecule is CN=C(NCCc1c(C)[nH]c2ccccc12)NCC1CCCOC1C(C)(C)C. The number of guanidine groups is 1. The normalized spacial score (nSPS) is 21.1. The number of aliphatic imine (C=N–C) groups is 1. The number of fused-ring (bicyclic) bond motifs is 1. The van der Waals surface area contributed by atoms with Gasteiger partial charge in [0.15, 0.2) is 5.96 Å². The van der Waals surface area contributed by atoms with Crippen LogP contribution in [-0.2, 0) is 11.2 Å². The van der Waals surface area contributed by atoms with Crippen LogP contribution in [-0.4, -0.2) is 43.8 Å². The molecule has 0 spiro atoms. The maximum absolute atomic E-state index is 6.10. The van der Waals surface area contributed by atoms with Crippen molar-refractivity contribution in [2.45, 2.75) is 53.1 Å². The largest absolute Gasteiger partial charge is 0.377 e. The summed E-state index contributed by atoms with van der Waals surface area (Å²) in [6.45, 7) is 11.6. The van der Waals surface area contributed by atoms with E-state index in [9.17, 15) is 0 Å². The minimum atomic E-state index is 0.163. The van der Waals surface area contributed by atoms with Gasteiger partial charge in [0.2, 0.25) is 0 Å². The van der Waals surface area contributed by atoms with Gasteiger partial charge in [0.25, 0.3) is 0 Å². The molecule has 5 heteroatoms. The van der Waals surface area contributed by atoms with E-state index in [0.29, 0.717) is 12.0 Å². The lowest BCUT2D eigenvalue weighted by molar-refractivity contribution is -0.0835. The first-order valence-corrected chi connectivity index (χ1v) is 10.5. The number of ether oxygens (including phenoxy) is 1. The van der Waals surface area contributed by atoms with Gasteiger partial charge < -0.3 is 20.4 Å². The molecule has 0 saturated carbocycles. The fourth-order valence-corrected chi connectivity index (χ4v) is 4.42. The summed E-state index contributed by atoms with van der Waals surface area (Å²) in [6.07, 6.45) is 3.61. The van der Waals surface area contributed by atoms with Crippen LogP contribution in [0, 0.1) is 18.3 Å². The van der Waals surface area contributed by atoms with Crippen LogP contribution in [0.25, 0.3) is 10.9 Å². The zero-order valence-corrected chi connectivity index (χ0v) is 18.1. The van der Waals surface area contributed by atoms with Crippen LogP contribution in [0.1, 0.15) is 44.9 Å². The lowest BCUT2D eigenvalue weighted by Gasteiger charge is -2.40. The van der Waals surface area contributed by atoms with Crippen LogP contribution < -0.4 is 10.6 Å². The fraction of sp³-hybridized carbons (Fsp3) is 0.609. The van der Waals surface area contributed by atoms with Gasteiger partial charge in [-0.1, -0.05) is 39.0 Å².